The summed E-state index contributed by atoms with van der Waals surface area (Å²) < 4.78 is 0. The lowest BCUT2D eigenvalue weighted by Gasteiger charge is -2.30. The van der Waals surface area contributed by atoms with Gasteiger partial charge < -0.3 is 10.0 Å². The molecule has 1 aromatic carbocycles. The molecular formula is C15H25NO. The predicted octanol–water partition coefficient (Wildman–Crippen LogP) is 3.09. The van der Waals surface area contributed by atoms with Crippen LogP contribution in [0.25, 0.3) is 0 Å². The first-order valence-electron chi connectivity index (χ1n) is 6.53. The van der Waals surface area contributed by atoms with E-state index in [1.54, 1.807) is 0 Å². The number of aliphatic hydroxyl groups excluding tert-OH is 1. The van der Waals surface area contributed by atoms with Crippen molar-refractivity contribution in [3.8, 4) is 0 Å². The van der Waals surface area contributed by atoms with E-state index in [1.165, 1.54) is 0 Å². The summed E-state index contributed by atoms with van der Waals surface area (Å²) >= 11 is 0. The Kier molecular flexibility index (Phi) is 5.66. The standard InChI is InChI=1S/C15H25NO/c1-5-16(12(2)3)11-13(4)15(17)14-9-7-6-8-10-14/h6-10,12-13,15,17H,5,11H2,1-4H3. The van der Waals surface area contributed by atoms with Gasteiger partial charge in [0.15, 0.2) is 0 Å². The highest BCUT2D eigenvalue weighted by atomic mass is 16.3. The first kappa shape index (κ1) is 14.2. The zero-order chi connectivity index (χ0) is 12.8. The number of rotatable bonds is 6. The molecule has 0 spiro atoms. The molecule has 0 fully saturated rings. The van der Waals surface area contributed by atoms with Crippen LogP contribution >= 0.6 is 0 Å². The van der Waals surface area contributed by atoms with Crippen LogP contribution in [0.1, 0.15) is 39.4 Å². The minimum atomic E-state index is -0.371. The van der Waals surface area contributed by atoms with Crippen molar-refractivity contribution < 1.29 is 5.11 Å². The maximum absolute atomic E-state index is 10.3. The van der Waals surface area contributed by atoms with Crippen molar-refractivity contribution >= 4 is 0 Å². The Morgan fingerprint density at radius 3 is 2.18 bits per heavy atom. The summed E-state index contributed by atoms with van der Waals surface area (Å²) in [6.45, 7) is 10.6. The summed E-state index contributed by atoms with van der Waals surface area (Å²) in [5, 5.41) is 10.3. The highest BCUT2D eigenvalue weighted by Crippen LogP contribution is 2.22. The number of hydrogen-bond donors (Lipinski definition) is 1. The summed E-state index contributed by atoms with van der Waals surface area (Å²) in [5.74, 6) is 0.250. The van der Waals surface area contributed by atoms with E-state index in [4.69, 9.17) is 0 Å². The van der Waals surface area contributed by atoms with Crippen LogP contribution in [0.2, 0.25) is 0 Å². The van der Waals surface area contributed by atoms with Crippen molar-refractivity contribution in [2.24, 2.45) is 5.92 Å². The highest BCUT2D eigenvalue weighted by Gasteiger charge is 2.19. The van der Waals surface area contributed by atoms with Crippen molar-refractivity contribution in [3.05, 3.63) is 35.9 Å². The molecule has 1 rings (SSSR count). The van der Waals surface area contributed by atoms with Gasteiger partial charge in [0.2, 0.25) is 0 Å². The van der Waals surface area contributed by atoms with Gasteiger partial charge in [-0.1, -0.05) is 44.2 Å². The van der Waals surface area contributed by atoms with Gasteiger partial charge in [-0.25, -0.2) is 0 Å². The Hall–Kier alpha value is -0.860. The second-order valence-corrected chi connectivity index (χ2v) is 5.01. The smallest absolute Gasteiger partial charge is 0.0827 e. The summed E-state index contributed by atoms with van der Waals surface area (Å²) in [6, 6.07) is 10.5. The average molecular weight is 235 g/mol. The van der Waals surface area contributed by atoms with Gasteiger partial charge in [0.25, 0.3) is 0 Å². The fraction of sp³-hybridized carbons (Fsp3) is 0.600. The monoisotopic (exact) mass is 235 g/mol. The summed E-state index contributed by atoms with van der Waals surface area (Å²) in [7, 11) is 0. The van der Waals surface area contributed by atoms with Crippen LogP contribution in [0.3, 0.4) is 0 Å². The van der Waals surface area contributed by atoms with E-state index in [9.17, 15) is 5.11 Å². The van der Waals surface area contributed by atoms with Crippen LogP contribution < -0.4 is 0 Å². The first-order valence-corrected chi connectivity index (χ1v) is 6.53. The second-order valence-electron chi connectivity index (χ2n) is 5.01. The van der Waals surface area contributed by atoms with Gasteiger partial charge in [0.05, 0.1) is 6.10 Å². The molecule has 2 unspecified atom stereocenters. The fourth-order valence-electron chi connectivity index (χ4n) is 2.15. The van der Waals surface area contributed by atoms with Crippen molar-refractivity contribution in [3.63, 3.8) is 0 Å². The first-order chi connectivity index (χ1) is 8.06. The van der Waals surface area contributed by atoms with Crippen molar-refractivity contribution in [2.45, 2.75) is 39.8 Å². The average Bonchev–Trinajstić information content (AvgIpc) is 2.35. The molecule has 2 heteroatoms. The molecule has 0 aromatic heterocycles. The molecular weight excluding hydrogens is 210 g/mol. The molecule has 0 aliphatic carbocycles. The molecule has 2 nitrogen and oxygen atoms in total. The molecule has 96 valence electrons. The lowest BCUT2D eigenvalue weighted by molar-refractivity contribution is 0.0805. The maximum Gasteiger partial charge on any atom is 0.0827 e. The molecule has 0 bridgehead atoms. The van der Waals surface area contributed by atoms with Gasteiger partial charge in [-0.3, -0.25) is 0 Å². The molecule has 0 amide bonds. The number of nitrogens with zero attached hydrogens (tertiary/aromatic N) is 1. The van der Waals surface area contributed by atoms with Crippen LogP contribution in [0.5, 0.6) is 0 Å². The number of hydrogen-bond acceptors (Lipinski definition) is 2. The number of aliphatic hydroxyl groups is 1. The van der Waals surface area contributed by atoms with Gasteiger partial charge in [0.1, 0.15) is 0 Å². The van der Waals surface area contributed by atoms with Crippen molar-refractivity contribution in [1.29, 1.82) is 0 Å². The van der Waals surface area contributed by atoms with E-state index in [0.29, 0.717) is 6.04 Å². The van der Waals surface area contributed by atoms with Gasteiger partial charge in [-0.15, -0.1) is 0 Å². The van der Waals surface area contributed by atoms with E-state index in [1.807, 2.05) is 30.3 Å². The van der Waals surface area contributed by atoms with Crippen molar-refractivity contribution in [1.82, 2.24) is 4.90 Å². The molecule has 2 atom stereocenters. The SMILES string of the molecule is CCN(CC(C)C(O)c1ccccc1)C(C)C. The third-order valence-electron chi connectivity index (χ3n) is 3.34. The Balaban J connectivity index is 2.61. The van der Waals surface area contributed by atoms with Crippen LogP contribution in [0.15, 0.2) is 30.3 Å². The molecule has 0 saturated carbocycles. The minimum Gasteiger partial charge on any atom is -0.388 e. The molecule has 1 aromatic rings. The fourth-order valence-corrected chi connectivity index (χ4v) is 2.15. The van der Waals surface area contributed by atoms with Gasteiger partial charge in [-0.2, -0.15) is 0 Å². The van der Waals surface area contributed by atoms with Crippen LogP contribution in [-0.4, -0.2) is 29.1 Å². The van der Waals surface area contributed by atoms with E-state index in [0.717, 1.165) is 18.7 Å². The molecule has 0 saturated heterocycles. The maximum atomic E-state index is 10.3. The second kappa shape index (κ2) is 6.77. The lowest BCUT2D eigenvalue weighted by atomic mass is 9.96. The lowest BCUT2D eigenvalue weighted by Crippen LogP contribution is -2.36. The zero-order valence-electron chi connectivity index (χ0n) is 11.4. The summed E-state index contributed by atoms with van der Waals surface area (Å²) in [5.41, 5.74) is 1.01. The van der Waals surface area contributed by atoms with Crippen LogP contribution in [0, 0.1) is 5.92 Å². The van der Waals surface area contributed by atoms with Gasteiger partial charge >= 0.3 is 0 Å². The number of benzene rings is 1. The van der Waals surface area contributed by atoms with E-state index >= 15 is 0 Å². The Morgan fingerprint density at radius 1 is 1.12 bits per heavy atom. The predicted molar refractivity (Wildman–Crippen MR) is 72.9 cm³/mol. The minimum absolute atomic E-state index is 0.250. The third kappa shape index (κ3) is 4.14. The van der Waals surface area contributed by atoms with Crippen LogP contribution in [-0.2, 0) is 0 Å². The molecule has 17 heavy (non-hydrogen) atoms. The van der Waals surface area contributed by atoms with E-state index < -0.39 is 0 Å². The molecule has 0 aliphatic rings. The molecule has 0 heterocycles. The topological polar surface area (TPSA) is 23.5 Å². The Labute approximate surface area is 105 Å². The van der Waals surface area contributed by atoms with Crippen molar-refractivity contribution in [2.75, 3.05) is 13.1 Å². The zero-order valence-corrected chi connectivity index (χ0v) is 11.4. The van der Waals surface area contributed by atoms with E-state index in [-0.39, 0.29) is 12.0 Å². The third-order valence-corrected chi connectivity index (χ3v) is 3.34. The Bertz CT molecular complexity index is 310. The van der Waals surface area contributed by atoms with Gasteiger partial charge in [-0.05, 0) is 31.9 Å². The molecule has 0 radical (unpaired) electrons. The summed E-state index contributed by atoms with van der Waals surface area (Å²) in [4.78, 5) is 2.39. The summed E-state index contributed by atoms with van der Waals surface area (Å²) in [6.07, 6.45) is -0.371. The quantitative estimate of drug-likeness (QED) is 0.819. The largest absolute Gasteiger partial charge is 0.388 e. The van der Waals surface area contributed by atoms with Crippen LogP contribution in [0.4, 0.5) is 0 Å². The molecule has 1 N–H and O–H groups in total. The molecule has 0 aliphatic heterocycles. The van der Waals surface area contributed by atoms with Gasteiger partial charge in [0, 0.05) is 12.6 Å². The normalized spacial score (nSPS) is 15.2. The Morgan fingerprint density at radius 2 is 1.71 bits per heavy atom. The van der Waals surface area contributed by atoms with E-state index in [2.05, 4.69) is 32.6 Å². The highest BCUT2D eigenvalue weighted by molar-refractivity contribution is 5.17.